The number of nitrogens with zero attached hydrogens (tertiary/aromatic N) is 4. The molecular formula is C29H33ClN6O3. The number of piperidine rings is 1. The van der Waals surface area contributed by atoms with E-state index < -0.39 is 0 Å². The first-order valence-electron chi connectivity index (χ1n) is 13.2. The van der Waals surface area contributed by atoms with E-state index >= 15 is 0 Å². The number of carbonyl (C=O) groups excluding carboxylic acids is 1. The fourth-order valence-electron chi connectivity index (χ4n) is 5.76. The van der Waals surface area contributed by atoms with Crippen molar-refractivity contribution in [3.8, 4) is 5.75 Å². The molecule has 4 heterocycles. The zero-order valence-electron chi connectivity index (χ0n) is 22.6. The minimum Gasteiger partial charge on any atom is -0.496 e. The molecule has 1 saturated heterocycles. The Balaban J connectivity index is 1.37. The Morgan fingerprint density at radius 3 is 2.59 bits per heavy atom. The molecule has 204 valence electrons. The molecule has 0 aliphatic carbocycles. The second-order valence-electron chi connectivity index (χ2n) is 10.1. The van der Waals surface area contributed by atoms with Gasteiger partial charge in [0.15, 0.2) is 0 Å². The maximum Gasteiger partial charge on any atom is 0.256 e. The van der Waals surface area contributed by atoms with Crippen LogP contribution in [0.25, 0.3) is 10.9 Å². The molecule has 1 aromatic carbocycles. The molecule has 1 aliphatic rings. The first-order valence-corrected chi connectivity index (χ1v) is 13.5. The highest BCUT2D eigenvalue weighted by Crippen LogP contribution is 2.36. The van der Waals surface area contributed by atoms with Gasteiger partial charge in [-0.15, -0.1) is 0 Å². The number of halogens is 1. The predicted octanol–water partition coefficient (Wildman–Crippen LogP) is 4.81. The largest absolute Gasteiger partial charge is 0.496 e. The minimum atomic E-state index is -0.268. The van der Waals surface area contributed by atoms with Crippen LogP contribution in [0.3, 0.4) is 0 Å². The van der Waals surface area contributed by atoms with Gasteiger partial charge in [-0.1, -0.05) is 29.8 Å². The molecule has 2 N–H and O–H groups in total. The number of amides is 1. The van der Waals surface area contributed by atoms with E-state index in [1.54, 1.807) is 25.4 Å². The lowest BCUT2D eigenvalue weighted by molar-refractivity contribution is 0.0951. The number of H-pyrrole nitrogens is 1. The van der Waals surface area contributed by atoms with Crippen molar-refractivity contribution in [1.82, 2.24) is 24.8 Å². The van der Waals surface area contributed by atoms with Crippen LogP contribution in [-0.2, 0) is 6.54 Å². The van der Waals surface area contributed by atoms with Gasteiger partial charge in [0, 0.05) is 41.4 Å². The number of rotatable bonds is 7. The molecule has 0 spiro atoms. The van der Waals surface area contributed by atoms with Crippen LogP contribution in [0.2, 0.25) is 5.02 Å². The quantitative estimate of drug-likeness (QED) is 0.343. The number of nitrogens with one attached hydrogen (secondary N) is 2. The lowest BCUT2D eigenvalue weighted by Gasteiger charge is -2.36. The molecule has 10 heteroatoms. The smallest absolute Gasteiger partial charge is 0.256 e. The molecule has 1 unspecified atom stereocenters. The van der Waals surface area contributed by atoms with Crippen molar-refractivity contribution >= 4 is 34.4 Å². The van der Waals surface area contributed by atoms with Gasteiger partial charge < -0.3 is 24.5 Å². The van der Waals surface area contributed by atoms with Crippen molar-refractivity contribution in [2.24, 2.45) is 5.92 Å². The summed E-state index contributed by atoms with van der Waals surface area (Å²) in [5.41, 5.74) is 3.40. The van der Waals surface area contributed by atoms with Gasteiger partial charge in [0.2, 0.25) is 5.95 Å². The number of fused-ring (bicyclic) bond motifs is 1. The summed E-state index contributed by atoms with van der Waals surface area (Å²) in [5.74, 6) is 1.37. The van der Waals surface area contributed by atoms with E-state index in [9.17, 15) is 9.59 Å². The zero-order valence-corrected chi connectivity index (χ0v) is 23.4. The highest BCUT2D eigenvalue weighted by molar-refractivity contribution is 6.30. The third-order valence-corrected chi connectivity index (χ3v) is 7.97. The van der Waals surface area contributed by atoms with Gasteiger partial charge in [-0.05, 0) is 51.7 Å². The van der Waals surface area contributed by atoms with Gasteiger partial charge in [-0.2, -0.15) is 0 Å². The molecule has 1 fully saturated rings. The second kappa shape index (κ2) is 11.1. The molecule has 1 aliphatic heterocycles. The summed E-state index contributed by atoms with van der Waals surface area (Å²) >= 11 is 5.95. The van der Waals surface area contributed by atoms with E-state index in [2.05, 4.69) is 42.7 Å². The van der Waals surface area contributed by atoms with Crippen molar-refractivity contribution in [3.63, 3.8) is 0 Å². The fraction of sp³-hybridized carbons (Fsp3) is 0.379. The Bertz CT molecular complexity index is 1550. The van der Waals surface area contributed by atoms with Crippen LogP contribution < -0.4 is 20.5 Å². The van der Waals surface area contributed by atoms with Crippen LogP contribution >= 0.6 is 11.6 Å². The topological polar surface area (TPSA) is 105 Å². The first kappa shape index (κ1) is 26.7. The Labute approximate surface area is 232 Å². The van der Waals surface area contributed by atoms with E-state index in [0.717, 1.165) is 42.5 Å². The summed E-state index contributed by atoms with van der Waals surface area (Å²) in [7, 11) is 1.52. The molecule has 39 heavy (non-hydrogen) atoms. The minimum absolute atomic E-state index is 0.0668. The Morgan fingerprint density at radius 1 is 1.21 bits per heavy atom. The lowest BCUT2D eigenvalue weighted by Crippen LogP contribution is -2.37. The monoisotopic (exact) mass is 548 g/mol. The molecule has 0 saturated carbocycles. The number of benzene rings is 1. The SMILES string of the molecule is COc1cc(C)[nH]c(=O)c1CNC(=O)c1c(C)n(C(C)C2CCN(c3ncc(Cl)cn3)CC2)c2ccccc12. The average molecular weight is 549 g/mol. The molecule has 0 bridgehead atoms. The Hall–Kier alpha value is -3.85. The van der Waals surface area contributed by atoms with Crippen LogP contribution in [0, 0.1) is 19.8 Å². The number of anilines is 1. The van der Waals surface area contributed by atoms with Crippen molar-refractivity contribution in [2.75, 3.05) is 25.1 Å². The van der Waals surface area contributed by atoms with E-state index in [-0.39, 0.29) is 24.1 Å². The number of para-hydroxylation sites is 1. The highest BCUT2D eigenvalue weighted by atomic mass is 35.5. The van der Waals surface area contributed by atoms with Crippen molar-refractivity contribution in [3.05, 3.63) is 80.6 Å². The van der Waals surface area contributed by atoms with Gasteiger partial charge in [0.05, 0.1) is 42.2 Å². The number of methoxy groups -OCH3 is 1. The van der Waals surface area contributed by atoms with Gasteiger partial charge in [0.25, 0.3) is 11.5 Å². The first-order chi connectivity index (χ1) is 18.8. The van der Waals surface area contributed by atoms with Crippen molar-refractivity contribution < 1.29 is 9.53 Å². The molecule has 1 amide bonds. The van der Waals surface area contributed by atoms with Crippen LogP contribution in [0.15, 0.2) is 47.5 Å². The molecular weight excluding hydrogens is 516 g/mol. The van der Waals surface area contributed by atoms with Crippen LogP contribution in [0.1, 0.15) is 53.1 Å². The van der Waals surface area contributed by atoms with E-state index in [0.29, 0.717) is 39.5 Å². The van der Waals surface area contributed by atoms with Gasteiger partial charge in [-0.25, -0.2) is 9.97 Å². The van der Waals surface area contributed by atoms with Gasteiger partial charge >= 0.3 is 0 Å². The Kier molecular flexibility index (Phi) is 7.61. The van der Waals surface area contributed by atoms with Crippen LogP contribution in [0.4, 0.5) is 5.95 Å². The number of ether oxygens (including phenoxy) is 1. The molecule has 9 nitrogen and oxygen atoms in total. The summed E-state index contributed by atoms with van der Waals surface area (Å²) in [5, 5.41) is 4.39. The number of hydrogen-bond donors (Lipinski definition) is 2. The van der Waals surface area contributed by atoms with Gasteiger partial charge in [-0.3, -0.25) is 9.59 Å². The number of aromatic nitrogens is 4. The average Bonchev–Trinajstić information content (AvgIpc) is 3.23. The lowest BCUT2D eigenvalue weighted by atomic mass is 9.90. The third kappa shape index (κ3) is 5.23. The summed E-state index contributed by atoms with van der Waals surface area (Å²) in [4.78, 5) is 39.8. The number of aromatic amines is 1. The van der Waals surface area contributed by atoms with E-state index in [1.165, 1.54) is 7.11 Å². The normalized spacial score (nSPS) is 14.9. The van der Waals surface area contributed by atoms with Crippen molar-refractivity contribution in [1.29, 1.82) is 0 Å². The number of hydrogen-bond acceptors (Lipinski definition) is 6. The molecule has 4 aromatic rings. The van der Waals surface area contributed by atoms with Crippen molar-refractivity contribution in [2.45, 2.75) is 46.2 Å². The predicted molar refractivity (Wildman–Crippen MR) is 153 cm³/mol. The number of aryl methyl sites for hydroxylation is 1. The summed E-state index contributed by atoms with van der Waals surface area (Å²) in [6.45, 7) is 7.81. The van der Waals surface area contributed by atoms with Gasteiger partial charge in [0.1, 0.15) is 5.75 Å². The molecule has 0 radical (unpaired) electrons. The number of pyridine rings is 1. The maximum absolute atomic E-state index is 13.6. The van der Waals surface area contributed by atoms with Crippen LogP contribution in [-0.4, -0.2) is 45.6 Å². The summed E-state index contributed by atoms with van der Waals surface area (Å²) in [6.07, 6.45) is 5.23. The third-order valence-electron chi connectivity index (χ3n) is 7.78. The molecule has 1 atom stereocenters. The summed E-state index contributed by atoms with van der Waals surface area (Å²) < 4.78 is 7.68. The van der Waals surface area contributed by atoms with Crippen LogP contribution in [0.5, 0.6) is 5.75 Å². The maximum atomic E-state index is 13.6. The Morgan fingerprint density at radius 2 is 1.90 bits per heavy atom. The van der Waals surface area contributed by atoms with E-state index in [4.69, 9.17) is 16.3 Å². The fourth-order valence-corrected chi connectivity index (χ4v) is 5.85. The summed E-state index contributed by atoms with van der Waals surface area (Å²) in [6, 6.07) is 9.95. The standard InChI is InChI=1S/C29H33ClN6O3/c1-17-13-25(39-4)23(27(37)34-17)16-31-28(38)26-19(3)36(24-8-6-5-7-22(24)26)18(2)20-9-11-35(12-10-20)29-32-14-21(30)15-33-29/h5-8,13-15,18,20H,9-12,16H2,1-4H3,(H,31,38)(H,34,37). The zero-order chi connectivity index (χ0) is 27.7. The number of carbonyl (C=O) groups is 1. The molecule has 3 aromatic heterocycles. The molecule has 5 rings (SSSR count). The second-order valence-corrected chi connectivity index (χ2v) is 10.6. The highest BCUT2D eigenvalue weighted by Gasteiger charge is 2.30. The van der Waals surface area contributed by atoms with E-state index in [1.807, 2.05) is 25.1 Å².